The molecule has 4 heterocycles. The van der Waals surface area contributed by atoms with Gasteiger partial charge in [-0.05, 0) is 75.3 Å². The van der Waals surface area contributed by atoms with E-state index < -0.39 is 17.3 Å². The average Bonchev–Trinajstić information content (AvgIpc) is 3.03. The summed E-state index contributed by atoms with van der Waals surface area (Å²) in [6, 6.07) is 9.32. The number of benzene rings is 2. The van der Waals surface area contributed by atoms with Crippen molar-refractivity contribution in [1.29, 1.82) is 0 Å². The van der Waals surface area contributed by atoms with Gasteiger partial charge in [0, 0.05) is 31.7 Å². The maximum atomic E-state index is 16.2. The van der Waals surface area contributed by atoms with Gasteiger partial charge in [0.2, 0.25) is 5.91 Å². The summed E-state index contributed by atoms with van der Waals surface area (Å²) in [5, 5.41) is 0.293. The van der Waals surface area contributed by atoms with Crippen LogP contribution >= 0.6 is 0 Å². The Labute approximate surface area is 259 Å². The minimum atomic E-state index is -0.742. The zero-order chi connectivity index (χ0) is 32.3. The lowest BCUT2D eigenvalue weighted by molar-refractivity contribution is -0.128. The molecule has 5 aromatic rings. The highest BCUT2D eigenvalue weighted by Gasteiger charge is 2.33. The second-order valence-corrected chi connectivity index (χ2v) is 12.5. The van der Waals surface area contributed by atoms with E-state index in [1.54, 1.807) is 17.0 Å². The summed E-state index contributed by atoms with van der Waals surface area (Å²) in [4.78, 5) is 45.1. The number of nitrogens with zero attached hydrogens (tertiary/aromatic N) is 6. The molecule has 234 valence electrons. The van der Waals surface area contributed by atoms with Gasteiger partial charge in [0.05, 0.1) is 27.3 Å². The van der Waals surface area contributed by atoms with E-state index in [4.69, 9.17) is 4.98 Å². The summed E-state index contributed by atoms with van der Waals surface area (Å²) in [5.41, 5.74) is 2.65. The molecular formula is C34H37F2N7O2. The van der Waals surface area contributed by atoms with Crippen molar-refractivity contribution in [3.8, 4) is 0 Å². The summed E-state index contributed by atoms with van der Waals surface area (Å²) in [6.45, 7) is 12.9. The normalized spacial score (nSPS) is 17.4. The van der Waals surface area contributed by atoms with Gasteiger partial charge in [-0.25, -0.2) is 23.0 Å². The first-order chi connectivity index (χ1) is 21.4. The Morgan fingerprint density at radius 3 is 2.53 bits per heavy atom. The van der Waals surface area contributed by atoms with Crippen LogP contribution in [-0.2, 0) is 11.3 Å². The molecule has 3 aromatic heterocycles. The van der Waals surface area contributed by atoms with Gasteiger partial charge in [0.25, 0.3) is 0 Å². The molecule has 2 bridgehead atoms. The summed E-state index contributed by atoms with van der Waals surface area (Å²) in [7, 11) is 3.94. The number of halogens is 2. The van der Waals surface area contributed by atoms with Crippen LogP contribution in [0, 0.1) is 11.6 Å². The molecule has 1 saturated heterocycles. The number of aromatic nitrogens is 4. The second-order valence-electron chi connectivity index (χ2n) is 12.5. The quantitative estimate of drug-likeness (QED) is 0.263. The molecule has 1 aliphatic rings. The molecule has 9 nitrogen and oxygen atoms in total. The lowest BCUT2D eigenvalue weighted by atomic mass is 9.98. The maximum absolute atomic E-state index is 16.2. The first-order valence-electron chi connectivity index (χ1n) is 15.1. The number of rotatable bonds is 5. The largest absolute Gasteiger partial charge is 0.355 e. The highest BCUT2D eigenvalue weighted by molar-refractivity contribution is 6.00. The third kappa shape index (κ3) is 5.14. The standard InChI is InChI=1S/C34H37F2N7O2/c1-8-28(44)41-15-20(5)42(16-19(41)4)32-23-14-25(36)30-29-24(35)10-9-11-26(29)37-27-13-21(17-40(6)7)12-22(18(2)3)31(27)43(33(23)38-30)34(45)39-32/h8-14,18-20,37H,1,15-17H2,2-7H3. The number of pyridine rings is 1. The molecule has 6 rings (SSSR count). The third-order valence-corrected chi connectivity index (χ3v) is 8.58. The van der Waals surface area contributed by atoms with Crippen LogP contribution in [0.1, 0.15) is 44.7 Å². The molecule has 45 heavy (non-hydrogen) atoms. The Bertz CT molecular complexity index is 2100. The molecule has 2 unspecified atom stereocenters. The average molecular weight is 614 g/mol. The fourth-order valence-corrected chi connectivity index (χ4v) is 6.52. The molecule has 0 saturated carbocycles. The molecule has 0 spiro atoms. The van der Waals surface area contributed by atoms with Gasteiger partial charge in [-0.2, -0.15) is 4.98 Å². The lowest BCUT2D eigenvalue weighted by Crippen LogP contribution is -2.58. The Hall–Kier alpha value is -4.64. The topological polar surface area (TPSA) is 89.8 Å². The zero-order valence-electron chi connectivity index (χ0n) is 26.4. The predicted molar refractivity (Wildman–Crippen MR) is 175 cm³/mol. The Balaban J connectivity index is 1.79. The maximum Gasteiger partial charge on any atom is 0.355 e. The van der Waals surface area contributed by atoms with Crippen LogP contribution in [0.2, 0.25) is 0 Å². The molecule has 0 aliphatic carbocycles. The molecule has 2 aromatic carbocycles. The molecule has 1 aliphatic heterocycles. The molecular weight excluding hydrogens is 576 g/mol. The van der Waals surface area contributed by atoms with Crippen molar-refractivity contribution in [2.24, 2.45) is 0 Å². The van der Waals surface area contributed by atoms with E-state index in [0.717, 1.165) is 11.1 Å². The van der Waals surface area contributed by atoms with Crippen LogP contribution in [0.5, 0.6) is 0 Å². The smallest absolute Gasteiger partial charge is 0.353 e. The van der Waals surface area contributed by atoms with Crippen molar-refractivity contribution in [2.45, 2.75) is 52.2 Å². The van der Waals surface area contributed by atoms with E-state index in [1.165, 1.54) is 22.6 Å². The summed E-state index contributed by atoms with van der Waals surface area (Å²) < 4.78 is 33.2. The molecule has 1 N–H and O–H groups in total. The van der Waals surface area contributed by atoms with Crippen LogP contribution < -0.4 is 10.6 Å². The third-order valence-electron chi connectivity index (χ3n) is 8.58. The van der Waals surface area contributed by atoms with Gasteiger partial charge in [0.15, 0.2) is 11.5 Å². The minimum absolute atomic E-state index is 0.0201. The van der Waals surface area contributed by atoms with Crippen LogP contribution in [0.4, 0.5) is 14.6 Å². The number of carbonyl (C=O) groups is 1. The van der Waals surface area contributed by atoms with E-state index in [1.807, 2.05) is 57.7 Å². The SMILES string of the molecule is C=CC(=O)N1CC(C)N(c2nc(=O)n3c4nc(c(F)cc24)c2c(F)cccc2[nH]c2cc(CN(C)C)cc(C(C)C)c23)CC1C. The predicted octanol–water partition coefficient (Wildman–Crippen LogP) is 5.51. The number of carbonyl (C=O) groups excluding carboxylic acids is 1. The van der Waals surface area contributed by atoms with Crippen molar-refractivity contribution >= 4 is 50.2 Å². The van der Waals surface area contributed by atoms with E-state index in [2.05, 4.69) is 22.6 Å². The van der Waals surface area contributed by atoms with Crippen molar-refractivity contribution in [2.75, 3.05) is 32.1 Å². The summed E-state index contributed by atoms with van der Waals surface area (Å²) in [6.07, 6.45) is 1.29. The van der Waals surface area contributed by atoms with E-state index in [0.29, 0.717) is 41.6 Å². The van der Waals surface area contributed by atoms with E-state index >= 15 is 8.78 Å². The second kappa shape index (κ2) is 11.4. The van der Waals surface area contributed by atoms with Crippen LogP contribution in [-0.4, -0.2) is 74.3 Å². The Morgan fingerprint density at radius 2 is 1.84 bits per heavy atom. The minimum Gasteiger partial charge on any atom is -0.353 e. The fourth-order valence-electron chi connectivity index (χ4n) is 6.52. The number of piperazine rings is 1. The van der Waals surface area contributed by atoms with E-state index in [-0.39, 0.29) is 46.3 Å². The van der Waals surface area contributed by atoms with Gasteiger partial charge in [-0.3, -0.25) is 4.79 Å². The van der Waals surface area contributed by atoms with Crippen LogP contribution in [0.3, 0.4) is 0 Å². The number of fused-ring (bicyclic) bond motifs is 5. The van der Waals surface area contributed by atoms with Crippen molar-refractivity contribution < 1.29 is 13.6 Å². The number of hydrogen-bond donors (Lipinski definition) is 1. The number of anilines is 1. The number of H-pyrrole nitrogens is 1. The first-order valence-corrected chi connectivity index (χ1v) is 15.1. The van der Waals surface area contributed by atoms with Gasteiger partial charge in [0.1, 0.15) is 17.2 Å². The highest BCUT2D eigenvalue weighted by Crippen LogP contribution is 2.34. The highest BCUT2D eigenvalue weighted by atomic mass is 19.1. The molecule has 2 atom stereocenters. The molecule has 11 heteroatoms. The van der Waals surface area contributed by atoms with E-state index in [9.17, 15) is 9.59 Å². The molecule has 1 amide bonds. The molecule has 0 radical (unpaired) electrons. The van der Waals surface area contributed by atoms with Crippen molar-refractivity contribution in [3.63, 3.8) is 0 Å². The van der Waals surface area contributed by atoms with Crippen LogP contribution in [0.15, 0.2) is 53.8 Å². The Kier molecular flexibility index (Phi) is 7.68. The van der Waals surface area contributed by atoms with Gasteiger partial charge in [-0.1, -0.05) is 32.6 Å². The zero-order valence-corrected chi connectivity index (χ0v) is 26.4. The van der Waals surface area contributed by atoms with Crippen molar-refractivity contribution in [3.05, 3.63) is 82.3 Å². The molecule has 1 fully saturated rings. The van der Waals surface area contributed by atoms with Gasteiger partial charge >= 0.3 is 5.69 Å². The monoisotopic (exact) mass is 613 g/mol. The summed E-state index contributed by atoms with van der Waals surface area (Å²) >= 11 is 0. The van der Waals surface area contributed by atoms with Crippen LogP contribution in [0.25, 0.3) is 38.5 Å². The van der Waals surface area contributed by atoms with Crippen molar-refractivity contribution in [1.82, 2.24) is 29.2 Å². The Morgan fingerprint density at radius 1 is 1.09 bits per heavy atom. The fraction of sp³-hybridized carbons (Fsp3) is 0.353. The number of amides is 1. The first kappa shape index (κ1) is 30.4. The number of hydrogen-bond acceptors (Lipinski definition) is 6. The summed E-state index contributed by atoms with van der Waals surface area (Å²) in [5.74, 6) is -1.32. The van der Waals surface area contributed by atoms with Gasteiger partial charge in [-0.15, -0.1) is 0 Å². The van der Waals surface area contributed by atoms with Gasteiger partial charge < -0.3 is 19.7 Å². The number of nitrogens with one attached hydrogen (secondary N) is 1. The number of aromatic amines is 1. The lowest BCUT2D eigenvalue weighted by Gasteiger charge is -2.44.